The number of hydrogen-bond acceptors (Lipinski definition) is 5. The van der Waals surface area contributed by atoms with Crippen LogP contribution in [0.25, 0.3) is 0 Å². The molecular formula is C21H19NO5. The third-order valence-corrected chi connectivity index (χ3v) is 6.53. The zero-order valence-corrected chi connectivity index (χ0v) is 14.8. The summed E-state index contributed by atoms with van der Waals surface area (Å²) in [7, 11) is 0. The first-order valence-corrected chi connectivity index (χ1v) is 9.31. The van der Waals surface area contributed by atoms with Gasteiger partial charge in [-0.05, 0) is 61.3 Å². The highest BCUT2D eigenvalue weighted by molar-refractivity contribution is 6.08. The molecule has 138 valence electrons. The van der Waals surface area contributed by atoms with Crippen LogP contribution in [0, 0.1) is 35.5 Å². The quantitative estimate of drug-likeness (QED) is 0.267. The number of benzene rings is 1. The molecule has 1 aromatic carbocycles. The molecule has 6 rings (SSSR count). The molecule has 4 aliphatic carbocycles. The number of carbonyl (C=O) groups is 4. The van der Waals surface area contributed by atoms with Gasteiger partial charge in [-0.2, -0.15) is 0 Å². The maximum Gasteiger partial charge on any atom is 0.331 e. The number of nitrogens with zero attached hydrogens (tertiary/aromatic N) is 1. The number of ketones is 1. The molecular weight excluding hydrogens is 346 g/mol. The summed E-state index contributed by atoms with van der Waals surface area (Å²) in [5.74, 6) is -0.196. The van der Waals surface area contributed by atoms with Crippen molar-refractivity contribution in [1.82, 2.24) is 4.90 Å². The number of hydrogen-bond donors (Lipinski definition) is 0. The summed E-state index contributed by atoms with van der Waals surface area (Å²) < 4.78 is 5.25. The molecule has 1 saturated heterocycles. The van der Waals surface area contributed by atoms with Crippen molar-refractivity contribution in [1.29, 1.82) is 0 Å². The second-order valence-electron chi connectivity index (χ2n) is 7.97. The standard InChI is InChI=1S/C21H19NO5/c1-10(23)11-2-4-12(5-3-11)27-17(24)9-22-20(25)18-13-6-7-14(16-8-15(13)16)19(18)21(22)26/h2-7,13-16,18-19H,8-9H2,1H3. The normalized spacial score (nSPS) is 35.1. The Bertz CT molecular complexity index is 866. The van der Waals surface area contributed by atoms with Crippen molar-refractivity contribution >= 4 is 23.6 Å². The summed E-state index contributed by atoms with van der Waals surface area (Å²) >= 11 is 0. The molecule has 6 atom stereocenters. The number of rotatable bonds is 4. The molecule has 1 heterocycles. The van der Waals surface area contributed by atoms with Gasteiger partial charge in [0.1, 0.15) is 12.3 Å². The van der Waals surface area contributed by atoms with Gasteiger partial charge in [-0.1, -0.05) is 12.2 Å². The molecule has 27 heavy (non-hydrogen) atoms. The summed E-state index contributed by atoms with van der Waals surface area (Å²) in [5, 5.41) is 0. The van der Waals surface area contributed by atoms with Crippen LogP contribution < -0.4 is 4.74 Å². The van der Waals surface area contributed by atoms with E-state index in [1.54, 1.807) is 12.1 Å². The minimum Gasteiger partial charge on any atom is -0.425 e. The van der Waals surface area contributed by atoms with Gasteiger partial charge in [0.2, 0.25) is 11.8 Å². The fraction of sp³-hybridized carbons (Fsp3) is 0.429. The van der Waals surface area contributed by atoms with Crippen molar-refractivity contribution in [3.63, 3.8) is 0 Å². The maximum absolute atomic E-state index is 12.8. The van der Waals surface area contributed by atoms with Crippen molar-refractivity contribution in [2.24, 2.45) is 35.5 Å². The van der Waals surface area contributed by atoms with Gasteiger partial charge in [0.15, 0.2) is 5.78 Å². The summed E-state index contributed by atoms with van der Waals surface area (Å²) in [6.07, 6.45) is 5.31. The Morgan fingerprint density at radius 2 is 1.56 bits per heavy atom. The molecule has 2 saturated carbocycles. The van der Waals surface area contributed by atoms with Gasteiger partial charge in [0.25, 0.3) is 0 Å². The molecule has 0 spiro atoms. The van der Waals surface area contributed by atoms with Crippen LogP contribution in [0.1, 0.15) is 23.7 Å². The first kappa shape index (κ1) is 16.4. The van der Waals surface area contributed by atoms with E-state index in [1.165, 1.54) is 19.1 Å². The largest absolute Gasteiger partial charge is 0.425 e. The second kappa shape index (κ2) is 5.62. The van der Waals surface area contributed by atoms with E-state index in [4.69, 9.17) is 4.74 Å². The molecule has 1 aromatic rings. The Morgan fingerprint density at radius 1 is 1.00 bits per heavy atom. The topological polar surface area (TPSA) is 80.8 Å². The average molecular weight is 365 g/mol. The lowest BCUT2D eigenvalue weighted by Crippen LogP contribution is -2.40. The van der Waals surface area contributed by atoms with Crippen molar-refractivity contribution in [2.75, 3.05) is 6.54 Å². The lowest BCUT2D eigenvalue weighted by atomic mass is 9.63. The van der Waals surface area contributed by atoms with Crippen LogP contribution >= 0.6 is 0 Å². The maximum atomic E-state index is 12.8. The predicted molar refractivity (Wildman–Crippen MR) is 93.5 cm³/mol. The van der Waals surface area contributed by atoms with E-state index < -0.39 is 5.97 Å². The molecule has 6 heteroatoms. The first-order valence-electron chi connectivity index (χ1n) is 9.31. The third-order valence-electron chi connectivity index (χ3n) is 6.53. The number of Topliss-reactive ketones (excluding diaryl/α,β-unsaturated/α-hetero) is 1. The van der Waals surface area contributed by atoms with E-state index in [2.05, 4.69) is 12.2 Å². The zero-order chi connectivity index (χ0) is 18.9. The smallest absolute Gasteiger partial charge is 0.331 e. The number of imide groups is 1. The van der Waals surface area contributed by atoms with Crippen LogP contribution in [0.2, 0.25) is 0 Å². The highest BCUT2D eigenvalue weighted by Gasteiger charge is 2.67. The molecule has 3 fully saturated rings. The number of amides is 2. The van der Waals surface area contributed by atoms with Crippen molar-refractivity contribution in [2.45, 2.75) is 13.3 Å². The van der Waals surface area contributed by atoms with Gasteiger partial charge in [-0.3, -0.25) is 19.3 Å². The van der Waals surface area contributed by atoms with Crippen molar-refractivity contribution < 1.29 is 23.9 Å². The number of esters is 1. The predicted octanol–water partition coefficient (Wildman–Crippen LogP) is 1.85. The van der Waals surface area contributed by atoms with Crippen LogP contribution in [0.4, 0.5) is 0 Å². The molecule has 6 nitrogen and oxygen atoms in total. The SMILES string of the molecule is CC(=O)c1ccc(OC(=O)CN2C(=O)C3C4C=CC(C5CC45)C3C2=O)cc1. The highest BCUT2D eigenvalue weighted by Crippen LogP contribution is 2.65. The molecule has 0 aromatic heterocycles. The van der Waals surface area contributed by atoms with Gasteiger partial charge in [-0.15, -0.1) is 0 Å². The minimum atomic E-state index is -0.656. The van der Waals surface area contributed by atoms with Crippen molar-refractivity contribution in [3.8, 4) is 5.75 Å². The molecule has 5 aliphatic rings. The second-order valence-corrected chi connectivity index (χ2v) is 7.97. The lowest BCUT2D eigenvalue weighted by molar-refractivity contribution is -0.148. The minimum absolute atomic E-state index is 0.0787. The van der Waals surface area contributed by atoms with Gasteiger partial charge < -0.3 is 4.74 Å². The number of allylic oxidation sites excluding steroid dienone is 2. The van der Waals surface area contributed by atoms with Gasteiger partial charge in [0, 0.05) is 5.56 Å². The number of likely N-dealkylation sites (tertiary alicyclic amines) is 1. The Hall–Kier alpha value is -2.76. The molecule has 0 N–H and O–H groups in total. The summed E-state index contributed by atoms with van der Waals surface area (Å²) in [6, 6.07) is 6.20. The van der Waals surface area contributed by atoms with E-state index >= 15 is 0 Å². The summed E-state index contributed by atoms with van der Waals surface area (Å²) in [4.78, 5) is 50.3. The van der Waals surface area contributed by atoms with Crippen LogP contribution in [-0.2, 0) is 14.4 Å². The van der Waals surface area contributed by atoms with E-state index in [0.717, 1.165) is 11.3 Å². The average Bonchev–Trinajstić information content (AvgIpc) is 3.43. The third kappa shape index (κ3) is 2.39. The number of ether oxygens (including phenoxy) is 1. The van der Waals surface area contributed by atoms with Gasteiger partial charge in [-0.25, -0.2) is 4.79 Å². The van der Waals surface area contributed by atoms with Crippen LogP contribution in [0.3, 0.4) is 0 Å². The first-order chi connectivity index (χ1) is 13.0. The Balaban J connectivity index is 1.29. The van der Waals surface area contributed by atoms with E-state index in [1.807, 2.05) is 0 Å². The van der Waals surface area contributed by atoms with E-state index in [-0.39, 0.29) is 53.6 Å². The van der Waals surface area contributed by atoms with E-state index in [0.29, 0.717) is 17.4 Å². The fourth-order valence-electron chi connectivity index (χ4n) is 5.23. The molecule has 1 aliphatic heterocycles. The Morgan fingerprint density at radius 3 is 2.07 bits per heavy atom. The highest BCUT2D eigenvalue weighted by atomic mass is 16.5. The Labute approximate surface area is 156 Å². The monoisotopic (exact) mass is 365 g/mol. The van der Waals surface area contributed by atoms with Crippen LogP contribution in [0.15, 0.2) is 36.4 Å². The molecule has 2 bridgehead atoms. The van der Waals surface area contributed by atoms with Gasteiger partial charge >= 0.3 is 5.97 Å². The molecule has 0 radical (unpaired) electrons. The Kier molecular flexibility index (Phi) is 3.41. The van der Waals surface area contributed by atoms with Gasteiger partial charge in [0.05, 0.1) is 11.8 Å². The van der Waals surface area contributed by atoms with E-state index in [9.17, 15) is 19.2 Å². The summed E-state index contributed by atoms with van der Waals surface area (Å²) in [6.45, 7) is 1.09. The lowest BCUT2D eigenvalue weighted by Gasteiger charge is -2.37. The molecule has 6 unspecified atom stereocenters. The van der Waals surface area contributed by atoms with Crippen molar-refractivity contribution in [3.05, 3.63) is 42.0 Å². The summed E-state index contributed by atoms with van der Waals surface area (Å²) in [5.41, 5.74) is 0.519. The number of carbonyl (C=O) groups excluding carboxylic acids is 4. The van der Waals surface area contributed by atoms with Crippen LogP contribution in [-0.4, -0.2) is 35.0 Å². The molecule has 2 amide bonds. The fourth-order valence-corrected chi connectivity index (χ4v) is 5.23. The van der Waals surface area contributed by atoms with Crippen LogP contribution in [0.5, 0.6) is 5.75 Å². The zero-order valence-electron chi connectivity index (χ0n) is 14.8.